The fourth-order valence-electron chi connectivity index (χ4n) is 2.69. The third-order valence-corrected chi connectivity index (χ3v) is 4.02. The second-order valence-corrected chi connectivity index (χ2v) is 6.76. The SMILES string of the molecule is CC(C)(C)c1ccccc1OCC(=O)N1CC[C@H](CN)C1. The van der Waals surface area contributed by atoms with Crippen molar-refractivity contribution in [3.05, 3.63) is 29.8 Å². The molecule has 0 radical (unpaired) electrons. The minimum absolute atomic E-state index is 0.00205. The first-order valence-corrected chi connectivity index (χ1v) is 7.62. The number of benzene rings is 1. The van der Waals surface area contributed by atoms with Crippen molar-refractivity contribution in [2.45, 2.75) is 32.6 Å². The van der Waals surface area contributed by atoms with Crippen molar-refractivity contribution < 1.29 is 9.53 Å². The number of hydrogen-bond donors (Lipinski definition) is 1. The van der Waals surface area contributed by atoms with E-state index in [0.717, 1.165) is 30.8 Å². The molecule has 0 aliphatic carbocycles. The zero-order chi connectivity index (χ0) is 15.5. The molecule has 0 aromatic heterocycles. The van der Waals surface area contributed by atoms with Crippen molar-refractivity contribution in [1.82, 2.24) is 4.90 Å². The lowest BCUT2D eigenvalue weighted by molar-refractivity contribution is -0.132. The Morgan fingerprint density at radius 3 is 2.71 bits per heavy atom. The average molecular weight is 290 g/mol. The van der Waals surface area contributed by atoms with E-state index in [1.807, 2.05) is 23.1 Å². The van der Waals surface area contributed by atoms with E-state index in [4.69, 9.17) is 10.5 Å². The van der Waals surface area contributed by atoms with Crippen LogP contribution in [0.3, 0.4) is 0 Å². The summed E-state index contributed by atoms with van der Waals surface area (Å²) in [5.41, 5.74) is 6.78. The van der Waals surface area contributed by atoms with Gasteiger partial charge in [-0.15, -0.1) is 0 Å². The Kier molecular flexibility index (Phi) is 4.88. The van der Waals surface area contributed by atoms with Gasteiger partial charge in [0.2, 0.25) is 0 Å². The second-order valence-electron chi connectivity index (χ2n) is 6.76. The molecule has 116 valence electrons. The van der Waals surface area contributed by atoms with Crippen molar-refractivity contribution in [2.75, 3.05) is 26.2 Å². The molecular weight excluding hydrogens is 264 g/mol. The van der Waals surface area contributed by atoms with Crippen LogP contribution in [0.15, 0.2) is 24.3 Å². The number of carbonyl (C=O) groups excluding carboxylic acids is 1. The molecular formula is C17H26N2O2. The number of nitrogens with two attached hydrogens (primary N) is 1. The number of rotatable bonds is 4. The highest BCUT2D eigenvalue weighted by Gasteiger charge is 2.26. The van der Waals surface area contributed by atoms with Crippen LogP contribution in [-0.4, -0.2) is 37.0 Å². The Morgan fingerprint density at radius 1 is 1.38 bits per heavy atom. The molecule has 1 aliphatic heterocycles. The minimum atomic E-state index is -0.00205. The summed E-state index contributed by atoms with van der Waals surface area (Å²) in [5, 5.41) is 0. The van der Waals surface area contributed by atoms with Crippen LogP contribution in [0.2, 0.25) is 0 Å². The van der Waals surface area contributed by atoms with Gasteiger partial charge in [0.1, 0.15) is 5.75 Å². The van der Waals surface area contributed by atoms with Gasteiger partial charge >= 0.3 is 0 Å². The number of amides is 1. The van der Waals surface area contributed by atoms with Crippen LogP contribution < -0.4 is 10.5 Å². The molecule has 21 heavy (non-hydrogen) atoms. The second kappa shape index (κ2) is 6.48. The smallest absolute Gasteiger partial charge is 0.260 e. The molecule has 1 fully saturated rings. The number of hydrogen-bond acceptors (Lipinski definition) is 3. The van der Waals surface area contributed by atoms with Gasteiger partial charge in [0.25, 0.3) is 5.91 Å². The van der Waals surface area contributed by atoms with Gasteiger partial charge in [0.05, 0.1) is 0 Å². The first kappa shape index (κ1) is 15.8. The third-order valence-electron chi connectivity index (χ3n) is 4.02. The van der Waals surface area contributed by atoms with Crippen LogP contribution in [0.1, 0.15) is 32.8 Å². The summed E-state index contributed by atoms with van der Waals surface area (Å²) in [4.78, 5) is 14.1. The van der Waals surface area contributed by atoms with E-state index in [9.17, 15) is 4.79 Å². The lowest BCUT2D eigenvalue weighted by atomic mass is 9.86. The van der Waals surface area contributed by atoms with E-state index in [0.29, 0.717) is 12.5 Å². The molecule has 4 nitrogen and oxygen atoms in total. The number of ether oxygens (including phenoxy) is 1. The lowest BCUT2D eigenvalue weighted by Crippen LogP contribution is -2.34. The lowest BCUT2D eigenvalue weighted by Gasteiger charge is -2.23. The highest BCUT2D eigenvalue weighted by molar-refractivity contribution is 5.78. The van der Waals surface area contributed by atoms with Gasteiger partial charge in [-0.1, -0.05) is 39.0 Å². The maximum atomic E-state index is 12.2. The van der Waals surface area contributed by atoms with E-state index in [-0.39, 0.29) is 17.9 Å². The van der Waals surface area contributed by atoms with Crippen molar-refractivity contribution in [2.24, 2.45) is 11.7 Å². The monoisotopic (exact) mass is 290 g/mol. The average Bonchev–Trinajstić information content (AvgIpc) is 2.93. The van der Waals surface area contributed by atoms with Crippen molar-refractivity contribution in [3.63, 3.8) is 0 Å². The largest absolute Gasteiger partial charge is 0.483 e. The number of carbonyl (C=O) groups is 1. The fraction of sp³-hybridized carbons (Fsp3) is 0.588. The van der Waals surface area contributed by atoms with Crippen LogP contribution in [0.4, 0.5) is 0 Å². The Labute approximate surface area is 127 Å². The van der Waals surface area contributed by atoms with Crippen LogP contribution >= 0.6 is 0 Å². The highest BCUT2D eigenvalue weighted by atomic mass is 16.5. The molecule has 1 heterocycles. The Hall–Kier alpha value is -1.55. The van der Waals surface area contributed by atoms with E-state index in [2.05, 4.69) is 26.8 Å². The molecule has 0 bridgehead atoms. The zero-order valence-corrected chi connectivity index (χ0v) is 13.3. The molecule has 4 heteroatoms. The standard InChI is InChI=1S/C17H26N2O2/c1-17(2,3)14-6-4-5-7-15(14)21-12-16(20)19-9-8-13(10-18)11-19/h4-7,13H,8-12,18H2,1-3H3/t13-/m1/s1. The van der Waals surface area contributed by atoms with Gasteiger partial charge in [-0.25, -0.2) is 0 Å². The molecule has 1 amide bonds. The van der Waals surface area contributed by atoms with E-state index < -0.39 is 0 Å². The summed E-state index contributed by atoms with van der Waals surface area (Å²) in [6.07, 6.45) is 1.00. The highest BCUT2D eigenvalue weighted by Crippen LogP contribution is 2.31. The van der Waals surface area contributed by atoms with Gasteiger partial charge in [0, 0.05) is 13.1 Å². The van der Waals surface area contributed by atoms with E-state index >= 15 is 0 Å². The maximum absolute atomic E-state index is 12.2. The number of para-hydroxylation sites is 1. The van der Waals surface area contributed by atoms with Crippen LogP contribution in [-0.2, 0) is 10.2 Å². The molecule has 2 N–H and O–H groups in total. The Balaban J connectivity index is 1.96. The van der Waals surface area contributed by atoms with Gasteiger partial charge in [-0.05, 0) is 35.9 Å². The predicted molar refractivity (Wildman–Crippen MR) is 84.4 cm³/mol. The quantitative estimate of drug-likeness (QED) is 0.924. The van der Waals surface area contributed by atoms with Gasteiger partial charge < -0.3 is 15.4 Å². The topological polar surface area (TPSA) is 55.6 Å². The molecule has 1 aliphatic rings. The molecule has 1 saturated heterocycles. The van der Waals surface area contributed by atoms with Crippen LogP contribution in [0, 0.1) is 5.92 Å². The normalized spacial score (nSPS) is 18.9. The molecule has 0 saturated carbocycles. The summed E-state index contributed by atoms with van der Waals surface area (Å²) in [6.45, 7) is 8.74. The van der Waals surface area contributed by atoms with Gasteiger partial charge in [0.15, 0.2) is 6.61 Å². The van der Waals surface area contributed by atoms with Crippen molar-refractivity contribution >= 4 is 5.91 Å². The van der Waals surface area contributed by atoms with E-state index in [1.54, 1.807) is 0 Å². The molecule has 0 unspecified atom stereocenters. The molecule has 0 spiro atoms. The molecule has 1 aromatic rings. The number of nitrogens with zero attached hydrogens (tertiary/aromatic N) is 1. The summed E-state index contributed by atoms with van der Waals surface area (Å²) in [7, 11) is 0. The first-order chi connectivity index (χ1) is 9.91. The first-order valence-electron chi connectivity index (χ1n) is 7.62. The number of likely N-dealkylation sites (tertiary alicyclic amines) is 1. The third kappa shape index (κ3) is 3.97. The molecule has 2 rings (SSSR count). The van der Waals surface area contributed by atoms with Crippen LogP contribution in [0.25, 0.3) is 0 Å². The Bertz CT molecular complexity index is 494. The molecule has 1 atom stereocenters. The fourth-order valence-corrected chi connectivity index (χ4v) is 2.69. The summed E-state index contributed by atoms with van der Waals surface area (Å²) in [5.74, 6) is 1.29. The van der Waals surface area contributed by atoms with Gasteiger partial charge in [-0.2, -0.15) is 0 Å². The summed E-state index contributed by atoms with van der Waals surface area (Å²) >= 11 is 0. The van der Waals surface area contributed by atoms with Gasteiger partial charge in [-0.3, -0.25) is 4.79 Å². The maximum Gasteiger partial charge on any atom is 0.260 e. The summed E-state index contributed by atoms with van der Waals surface area (Å²) in [6, 6.07) is 7.93. The predicted octanol–water partition coefficient (Wildman–Crippen LogP) is 2.17. The minimum Gasteiger partial charge on any atom is -0.483 e. The van der Waals surface area contributed by atoms with Crippen LogP contribution in [0.5, 0.6) is 5.75 Å². The van der Waals surface area contributed by atoms with E-state index in [1.165, 1.54) is 0 Å². The summed E-state index contributed by atoms with van der Waals surface area (Å²) < 4.78 is 5.78. The molecule has 1 aromatic carbocycles. The Morgan fingerprint density at radius 2 is 2.10 bits per heavy atom. The van der Waals surface area contributed by atoms with Crippen molar-refractivity contribution in [3.8, 4) is 5.75 Å². The zero-order valence-electron chi connectivity index (χ0n) is 13.3. The van der Waals surface area contributed by atoms with Crippen molar-refractivity contribution in [1.29, 1.82) is 0 Å².